The van der Waals surface area contributed by atoms with Crippen LogP contribution >= 0.6 is 0 Å². The Bertz CT molecular complexity index is 634. The van der Waals surface area contributed by atoms with Crippen LogP contribution in [-0.4, -0.2) is 29.0 Å². The molecule has 0 aliphatic heterocycles. The van der Waals surface area contributed by atoms with Gasteiger partial charge in [-0.1, -0.05) is 6.07 Å². The highest BCUT2D eigenvalue weighted by molar-refractivity contribution is 5.39. The van der Waals surface area contributed by atoms with E-state index in [-0.39, 0.29) is 12.0 Å². The Morgan fingerprint density at radius 1 is 1.26 bits per heavy atom. The van der Waals surface area contributed by atoms with Crippen molar-refractivity contribution in [3.05, 3.63) is 29.8 Å². The fourth-order valence-electron chi connectivity index (χ4n) is 1.34. The molecule has 96 valence electrons. The molecule has 0 unspecified atom stereocenters. The molecule has 0 fully saturated rings. The van der Waals surface area contributed by atoms with E-state index in [1.54, 1.807) is 43.3 Å². The molecule has 0 atom stereocenters. The average Bonchev–Trinajstić information content (AvgIpc) is 2.38. The SMILES string of the molecule is CN(C)c1nc(N)nc(Oc2cccc(C#N)c2)n1. The van der Waals surface area contributed by atoms with Crippen LogP contribution in [0.15, 0.2) is 24.3 Å². The van der Waals surface area contributed by atoms with Gasteiger partial charge in [-0.15, -0.1) is 0 Å². The topological polar surface area (TPSA) is 101 Å². The van der Waals surface area contributed by atoms with Gasteiger partial charge < -0.3 is 15.4 Å². The van der Waals surface area contributed by atoms with Gasteiger partial charge in [0.2, 0.25) is 11.9 Å². The number of hydrogen-bond donors (Lipinski definition) is 1. The van der Waals surface area contributed by atoms with Crippen molar-refractivity contribution in [1.29, 1.82) is 5.26 Å². The molecular weight excluding hydrogens is 244 g/mol. The van der Waals surface area contributed by atoms with Gasteiger partial charge in [0.15, 0.2) is 0 Å². The first-order valence-electron chi connectivity index (χ1n) is 5.45. The smallest absolute Gasteiger partial charge is 0.328 e. The van der Waals surface area contributed by atoms with Crippen molar-refractivity contribution in [1.82, 2.24) is 15.0 Å². The van der Waals surface area contributed by atoms with Gasteiger partial charge in [0.1, 0.15) is 5.75 Å². The molecule has 0 radical (unpaired) electrons. The summed E-state index contributed by atoms with van der Waals surface area (Å²) in [7, 11) is 3.57. The van der Waals surface area contributed by atoms with Crippen LogP contribution in [0.1, 0.15) is 5.56 Å². The number of nitrogens with two attached hydrogens (primary N) is 1. The van der Waals surface area contributed by atoms with E-state index in [4.69, 9.17) is 15.7 Å². The first-order valence-corrected chi connectivity index (χ1v) is 5.45. The number of rotatable bonds is 3. The lowest BCUT2D eigenvalue weighted by Crippen LogP contribution is -2.15. The summed E-state index contributed by atoms with van der Waals surface area (Å²) in [5.41, 5.74) is 6.08. The van der Waals surface area contributed by atoms with E-state index in [1.165, 1.54) is 0 Å². The molecular formula is C12H12N6O. The summed E-state index contributed by atoms with van der Waals surface area (Å²) in [4.78, 5) is 13.6. The quantitative estimate of drug-likeness (QED) is 0.879. The molecule has 19 heavy (non-hydrogen) atoms. The monoisotopic (exact) mass is 256 g/mol. The Balaban J connectivity index is 2.30. The molecule has 2 aromatic rings. The number of nitrogens with zero attached hydrogens (tertiary/aromatic N) is 5. The highest BCUT2D eigenvalue weighted by Gasteiger charge is 2.08. The van der Waals surface area contributed by atoms with Gasteiger partial charge in [0.05, 0.1) is 11.6 Å². The van der Waals surface area contributed by atoms with Crippen LogP contribution in [0, 0.1) is 11.3 Å². The second-order valence-electron chi connectivity index (χ2n) is 3.91. The zero-order valence-corrected chi connectivity index (χ0v) is 10.5. The number of nitrogen functional groups attached to an aromatic ring is 1. The molecule has 1 aromatic carbocycles. The van der Waals surface area contributed by atoms with Gasteiger partial charge in [-0.3, -0.25) is 0 Å². The molecule has 2 N–H and O–H groups in total. The lowest BCUT2D eigenvalue weighted by Gasteiger charge is -2.11. The average molecular weight is 256 g/mol. The van der Waals surface area contributed by atoms with E-state index in [0.29, 0.717) is 17.3 Å². The van der Waals surface area contributed by atoms with Crippen LogP contribution in [0.3, 0.4) is 0 Å². The molecule has 2 rings (SSSR count). The minimum absolute atomic E-state index is 0.0742. The van der Waals surface area contributed by atoms with Crippen LogP contribution in [0.5, 0.6) is 11.8 Å². The summed E-state index contributed by atoms with van der Waals surface area (Å²) in [6.45, 7) is 0. The fraction of sp³-hybridized carbons (Fsp3) is 0.167. The van der Waals surface area contributed by atoms with Crippen molar-refractivity contribution in [2.24, 2.45) is 0 Å². The summed E-state index contributed by atoms with van der Waals surface area (Å²) < 4.78 is 5.47. The number of hydrogen-bond acceptors (Lipinski definition) is 7. The van der Waals surface area contributed by atoms with Gasteiger partial charge in [0, 0.05) is 14.1 Å². The van der Waals surface area contributed by atoms with E-state index in [0.717, 1.165) is 0 Å². The lowest BCUT2D eigenvalue weighted by molar-refractivity contribution is 0.440. The fourth-order valence-corrected chi connectivity index (χ4v) is 1.34. The Morgan fingerprint density at radius 3 is 2.74 bits per heavy atom. The van der Waals surface area contributed by atoms with Crippen LogP contribution in [0.4, 0.5) is 11.9 Å². The van der Waals surface area contributed by atoms with E-state index < -0.39 is 0 Å². The summed E-state index contributed by atoms with van der Waals surface area (Å²) in [6.07, 6.45) is 0. The largest absolute Gasteiger partial charge is 0.424 e. The predicted molar refractivity (Wildman–Crippen MR) is 69.8 cm³/mol. The van der Waals surface area contributed by atoms with E-state index in [9.17, 15) is 0 Å². The third-order valence-corrected chi connectivity index (χ3v) is 2.19. The second-order valence-corrected chi connectivity index (χ2v) is 3.91. The van der Waals surface area contributed by atoms with Crippen molar-refractivity contribution in [2.45, 2.75) is 0 Å². The molecule has 0 saturated carbocycles. The first kappa shape index (κ1) is 12.6. The van der Waals surface area contributed by atoms with Crippen LogP contribution in [-0.2, 0) is 0 Å². The van der Waals surface area contributed by atoms with Crippen LogP contribution in [0.25, 0.3) is 0 Å². The highest BCUT2D eigenvalue weighted by Crippen LogP contribution is 2.20. The van der Waals surface area contributed by atoms with Crippen LogP contribution < -0.4 is 15.4 Å². The Hall–Kier alpha value is -2.88. The Labute approximate surface area is 110 Å². The summed E-state index contributed by atoms with van der Waals surface area (Å²) in [5, 5.41) is 8.82. The predicted octanol–water partition coefficient (Wildman–Crippen LogP) is 1.18. The normalized spacial score (nSPS) is 9.74. The van der Waals surface area contributed by atoms with Crippen LogP contribution in [0.2, 0.25) is 0 Å². The van der Waals surface area contributed by atoms with Crippen molar-refractivity contribution in [2.75, 3.05) is 24.7 Å². The third-order valence-electron chi connectivity index (χ3n) is 2.19. The van der Waals surface area contributed by atoms with Crippen molar-refractivity contribution < 1.29 is 4.74 Å². The van der Waals surface area contributed by atoms with Gasteiger partial charge in [-0.05, 0) is 18.2 Å². The molecule has 0 aliphatic carbocycles. The van der Waals surface area contributed by atoms with Crippen molar-refractivity contribution in [3.8, 4) is 17.8 Å². The molecule has 1 aromatic heterocycles. The van der Waals surface area contributed by atoms with Gasteiger partial charge >= 0.3 is 6.01 Å². The highest BCUT2D eigenvalue weighted by atomic mass is 16.5. The van der Waals surface area contributed by atoms with E-state index in [1.807, 2.05) is 6.07 Å². The van der Waals surface area contributed by atoms with Crippen molar-refractivity contribution in [3.63, 3.8) is 0 Å². The molecule has 7 heteroatoms. The number of ether oxygens (including phenoxy) is 1. The molecule has 0 saturated heterocycles. The Morgan fingerprint density at radius 2 is 2.05 bits per heavy atom. The van der Waals surface area contributed by atoms with Gasteiger partial charge in [0.25, 0.3) is 0 Å². The maximum Gasteiger partial charge on any atom is 0.328 e. The van der Waals surface area contributed by atoms with Gasteiger partial charge in [-0.25, -0.2) is 0 Å². The number of nitriles is 1. The maximum absolute atomic E-state index is 8.82. The standard InChI is InChI=1S/C12H12N6O/c1-18(2)11-15-10(14)16-12(17-11)19-9-5-3-4-8(6-9)7-13/h3-6H,1-2H3,(H2,14,15,16,17). The van der Waals surface area contributed by atoms with E-state index >= 15 is 0 Å². The molecule has 0 spiro atoms. The first-order chi connectivity index (χ1) is 9.08. The molecule has 0 bridgehead atoms. The number of anilines is 2. The summed E-state index contributed by atoms with van der Waals surface area (Å²) >= 11 is 0. The second kappa shape index (κ2) is 5.18. The molecule has 1 heterocycles. The number of aromatic nitrogens is 3. The number of benzene rings is 1. The Kier molecular flexibility index (Phi) is 3.43. The minimum atomic E-state index is 0.0742. The zero-order valence-electron chi connectivity index (χ0n) is 10.5. The maximum atomic E-state index is 8.82. The third kappa shape index (κ3) is 3.07. The zero-order chi connectivity index (χ0) is 13.8. The summed E-state index contributed by atoms with van der Waals surface area (Å²) in [6, 6.07) is 8.81. The van der Waals surface area contributed by atoms with E-state index in [2.05, 4.69) is 15.0 Å². The molecule has 0 amide bonds. The molecule has 7 nitrogen and oxygen atoms in total. The van der Waals surface area contributed by atoms with Gasteiger partial charge in [-0.2, -0.15) is 20.2 Å². The lowest BCUT2D eigenvalue weighted by atomic mass is 10.2. The minimum Gasteiger partial charge on any atom is -0.424 e. The molecule has 0 aliphatic rings. The van der Waals surface area contributed by atoms with Crippen molar-refractivity contribution >= 4 is 11.9 Å². The summed E-state index contributed by atoms with van der Waals surface area (Å²) in [5.74, 6) is 0.943.